The SMILES string of the molecule is C=C(C)CSC1=NC2C(C(=O)NC(=O)N2C)N1C/C=C(/C)Cl. The van der Waals surface area contributed by atoms with Crippen LogP contribution in [0.25, 0.3) is 0 Å². The van der Waals surface area contributed by atoms with E-state index in [9.17, 15) is 9.59 Å². The minimum atomic E-state index is -0.525. The standard InChI is InChI=1S/C14H19ClN4O2S/c1-8(2)7-22-14-16-11-10(19(14)6-5-9(3)15)12(20)17-13(21)18(11)4/h5,10-11H,1,6-7H2,2-4H3,(H,17,20,21)/b9-5-. The summed E-state index contributed by atoms with van der Waals surface area (Å²) in [4.78, 5) is 31.8. The predicted molar refractivity (Wildman–Crippen MR) is 89.9 cm³/mol. The third-order valence-electron chi connectivity index (χ3n) is 3.34. The summed E-state index contributed by atoms with van der Waals surface area (Å²) < 4.78 is 0. The van der Waals surface area contributed by atoms with Crippen LogP contribution in [-0.2, 0) is 4.79 Å². The summed E-state index contributed by atoms with van der Waals surface area (Å²) in [5.41, 5.74) is 1.01. The van der Waals surface area contributed by atoms with Crippen molar-refractivity contribution in [2.45, 2.75) is 26.1 Å². The lowest BCUT2D eigenvalue weighted by atomic mass is 10.1. The Morgan fingerprint density at radius 2 is 2.18 bits per heavy atom. The smallest absolute Gasteiger partial charge is 0.325 e. The minimum absolute atomic E-state index is 0.330. The number of amides is 3. The topological polar surface area (TPSA) is 65.0 Å². The van der Waals surface area contributed by atoms with Crippen molar-refractivity contribution in [1.82, 2.24) is 15.1 Å². The molecule has 1 saturated heterocycles. The largest absolute Gasteiger partial charge is 0.332 e. The summed E-state index contributed by atoms with van der Waals surface area (Å²) in [6, 6.07) is -0.951. The molecule has 120 valence electrons. The molecule has 2 atom stereocenters. The Bertz CT molecular complexity index is 571. The van der Waals surface area contributed by atoms with Gasteiger partial charge in [0, 0.05) is 24.4 Å². The quantitative estimate of drug-likeness (QED) is 0.793. The number of carbonyl (C=O) groups is 2. The number of fused-ring (bicyclic) bond motifs is 1. The number of allylic oxidation sites excluding steroid dienone is 1. The van der Waals surface area contributed by atoms with E-state index in [-0.39, 0.29) is 5.91 Å². The van der Waals surface area contributed by atoms with Crippen molar-refractivity contribution >= 4 is 40.5 Å². The summed E-state index contributed by atoms with van der Waals surface area (Å²) in [7, 11) is 1.64. The number of urea groups is 1. The van der Waals surface area contributed by atoms with E-state index in [4.69, 9.17) is 11.6 Å². The molecule has 0 bridgehead atoms. The van der Waals surface area contributed by atoms with Gasteiger partial charge < -0.3 is 9.80 Å². The highest BCUT2D eigenvalue weighted by Gasteiger charge is 2.48. The summed E-state index contributed by atoms with van der Waals surface area (Å²) in [6.45, 7) is 8.06. The fraction of sp³-hybridized carbons (Fsp3) is 0.500. The van der Waals surface area contributed by atoms with Crippen LogP contribution in [0.3, 0.4) is 0 Å². The highest BCUT2D eigenvalue weighted by Crippen LogP contribution is 2.29. The Balaban J connectivity index is 2.27. The van der Waals surface area contributed by atoms with Gasteiger partial charge in [0.1, 0.15) is 0 Å². The van der Waals surface area contributed by atoms with E-state index in [1.807, 2.05) is 17.9 Å². The Labute approximate surface area is 139 Å². The number of likely N-dealkylation sites (N-methyl/N-ethyl adjacent to an activating group) is 1. The molecule has 22 heavy (non-hydrogen) atoms. The van der Waals surface area contributed by atoms with Gasteiger partial charge in [0.05, 0.1) is 0 Å². The highest BCUT2D eigenvalue weighted by atomic mass is 35.5. The number of rotatable bonds is 4. The first-order valence-corrected chi connectivity index (χ1v) is 8.19. The highest BCUT2D eigenvalue weighted by molar-refractivity contribution is 8.13. The molecular formula is C14H19ClN4O2S. The Hall–Kier alpha value is -1.47. The van der Waals surface area contributed by atoms with E-state index < -0.39 is 18.2 Å². The maximum atomic E-state index is 12.2. The average Bonchev–Trinajstić information content (AvgIpc) is 2.79. The normalized spacial score (nSPS) is 25.1. The van der Waals surface area contributed by atoms with Crippen LogP contribution in [0, 0.1) is 0 Å². The lowest BCUT2D eigenvalue weighted by Gasteiger charge is -2.35. The molecule has 2 rings (SSSR count). The summed E-state index contributed by atoms with van der Waals surface area (Å²) in [5, 5.41) is 3.73. The fourth-order valence-electron chi connectivity index (χ4n) is 2.22. The third kappa shape index (κ3) is 3.47. The number of halogens is 1. The summed E-state index contributed by atoms with van der Waals surface area (Å²) in [6.07, 6.45) is 1.32. The first-order valence-electron chi connectivity index (χ1n) is 6.82. The zero-order valence-electron chi connectivity index (χ0n) is 12.8. The molecule has 0 saturated carbocycles. The van der Waals surface area contributed by atoms with E-state index in [1.54, 1.807) is 14.0 Å². The third-order valence-corrected chi connectivity index (χ3v) is 4.73. The van der Waals surface area contributed by atoms with Gasteiger partial charge in [0.25, 0.3) is 5.91 Å². The van der Waals surface area contributed by atoms with Crippen molar-refractivity contribution in [1.29, 1.82) is 0 Å². The van der Waals surface area contributed by atoms with E-state index in [1.165, 1.54) is 16.7 Å². The minimum Gasteiger partial charge on any atom is -0.332 e. The van der Waals surface area contributed by atoms with Crippen LogP contribution < -0.4 is 5.32 Å². The molecule has 1 fully saturated rings. The number of nitrogens with zero attached hydrogens (tertiary/aromatic N) is 3. The maximum Gasteiger partial charge on any atom is 0.325 e. The Morgan fingerprint density at radius 3 is 2.77 bits per heavy atom. The molecule has 0 radical (unpaired) electrons. The molecule has 2 heterocycles. The molecule has 2 aliphatic rings. The number of aliphatic imine (C=N–C) groups is 1. The van der Waals surface area contributed by atoms with E-state index >= 15 is 0 Å². The van der Waals surface area contributed by atoms with Crippen molar-refractivity contribution in [3.05, 3.63) is 23.3 Å². The fourth-order valence-corrected chi connectivity index (χ4v) is 3.21. The molecule has 0 spiro atoms. The van der Waals surface area contributed by atoms with Crippen molar-refractivity contribution in [2.24, 2.45) is 4.99 Å². The van der Waals surface area contributed by atoms with E-state index in [0.29, 0.717) is 17.3 Å². The van der Waals surface area contributed by atoms with Crippen molar-refractivity contribution in [3.63, 3.8) is 0 Å². The number of nitrogens with one attached hydrogen (secondary N) is 1. The van der Waals surface area contributed by atoms with Crippen LogP contribution in [0.2, 0.25) is 0 Å². The number of hydrogen-bond acceptors (Lipinski definition) is 5. The number of imide groups is 1. The van der Waals surface area contributed by atoms with Crippen molar-refractivity contribution in [3.8, 4) is 0 Å². The lowest BCUT2D eigenvalue weighted by Crippen LogP contribution is -2.63. The summed E-state index contributed by atoms with van der Waals surface area (Å²) in [5.74, 6) is 0.376. The monoisotopic (exact) mass is 342 g/mol. The number of amidine groups is 1. The molecule has 0 aromatic heterocycles. The molecule has 0 aliphatic carbocycles. The van der Waals surface area contributed by atoms with Crippen LogP contribution >= 0.6 is 23.4 Å². The molecule has 1 N–H and O–H groups in total. The van der Waals surface area contributed by atoms with Gasteiger partial charge in [-0.2, -0.15) is 0 Å². The van der Waals surface area contributed by atoms with Crippen LogP contribution in [0.4, 0.5) is 4.79 Å². The predicted octanol–water partition coefficient (Wildman–Crippen LogP) is 1.99. The van der Waals surface area contributed by atoms with Crippen LogP contribution in [0.5, 0.6) is 0 Å². The molecule has 3 amide bonds. The first-order chi connectivity index (χ1) is 10.3. The molecule has 2 aliphatic heterocycles. The maximum absolute atomic E-state index is 12.2. The second-order valence-corrected chi connectivity index (χ2v) is 6.90. The second-order valence-electron chi connectivity index (χ2n) is 5.36. The Morgan fingerprint density at radius 1 is 1.50 bits per heavy atom. The van der Waals surface area contributed by atoms with E-state index in [2.05, 4.69) is 16.9 Å². The average molecular weight is 343 g/mol. The molecule has 0 aromatic rings. The first kappa shape index (κ1) is 16.9. The van der Waals surface area contributed by atoms with Crippen molar-refractivity contribution in [2.75, 3.05) is 19.3 Å². The van der Waals surface area contributed by atoms with Gasteiger partial charge in [0.15, 0.2) is 17.4 Å². The molecule has 0 aromatic carbocycles. The van der Waals surface area contributed by atoms with Gasteiger partial charge >= 0.3 is 6.03 Å². The van der Waals surface area contributed by atoms with Gasteiger partial charge in [-0.15, -0.1) is 0 Å². The van der Waals surface area contributed by atoms with E-state index in [0.717, 1.165) is 10.7 Å². The number of hydrogen-bond donors (Lipinski definition) is 1. The molecule has 6 nitrogen and oxygen atoms in total. The van der Waals surface area contributed by atoms with Crippen LogP contribution in [0.15, 0.2) is 28.3 Å². The zero-order valence-corrected chi connectivity index (χ0v) is 14.4. The van der Waals surface area contributed by atoms with Gasteiger partial charge in [-0.05, 0) is 13.8 Å². The zero-order chi connectivity index (χ0) is 16.4. The second kappa shape index (κ2) is 6.75. The number of carbonyl (C=O) groups excluding carboxylic acids is 2. The number of thioether (sulfide) groups is 1. The van der Waals surface area contributed by atoms with Crippen LogP contribution in [0.1, 0.15) is 13.8 Å². The van der Waals surface area contributed by atoms with Gasteiger partial charge in [-0.3, -0.25) is 10.1 Å². The van der Waals surface area contributed by atoms with Crippen LogP contribution in [-0.4, -0.2) is 58.5 Å². The lowest BCUT2D eigenvalue weighted by molar-refractivity contribution is -0.126. The molecule has 8 heteroatoms. The van der Waals surface area contributed by atoms with Gasteiger partial charge in [-0.25, -0.2) is 9.79 Å². The Kier molecular flexibility index (Phi) is 5.18. The van der Waals surface area contributed by atoms with Crippen molar-refractivity contribution < 1.29 is 9.59 Å². The molecular weight excluding hydrogens is 324 g/mol. The van der Waals surface area contributed by atoms with Gasteiger partial charge in [0.2, 0.25) is 0 Å². The molecule has 2 unspecified atom stereocenters. The van der Waals surface area contributed by atoms with Gasteiger partial charge in [-0.1, -0.05) is 41.6 Å². The summed E-state index contributed by atoms with van der Waals surface area (Å²) >= 11 is 7.41.